The fourth-order valence-electron chi connectivity index (χ4n) is 1.86. The molecule has 104 valence electrons. The van der Waals surface area contributed by atoms with E-state index in [9.17, 15) is 9.18 Å². The maximum atomic E-state index is 13.2. The first-order valence-corrected chi connectivity index (χ1v) is 6.25. The third-order valence-electron chi connectivity index (χ3n) is 3.10. The third-order valence-corrected chi connectivity index (χ3v) is 3.10. The molecule has 0 fully saturated rings. The van der Waals surface area contributed by atoms with Gasteiger partial charge in [0.05, 0.1) is 5.56 Å². The molecule has 2 aromatic carbocycles. The van der Waals surface area contributed by atoms with Crippen molar-refractivity contribution in [1.29, 1.82) is 0 Å². The Balaban J connectivity index is 2.12. The second kappa shape index (κ2) is 5.74. The molecule has 0 unspecified atom stereocenters. The first kappa shape index (κ1) is 14.1. The zero-order chi connectivity index (χ0) is 14.7. The standard InChI is InChI=1S/C16H16FNO2/c1-10-3-6-15(18)14(7-10)16(19)20-9-12-8-13(17)5-4-11(12)2/h3-8H,9,18H2,1-2H3. The highest BCUT2D eigenvalue weighted by atomic mass is 19.1. The SMILES string of the molecule is Cc1ccc(N)c(C(=O)OCc2cc(F)ccc2C)c1. The molecule has 4 heteroatoms. The van der Waals surface area contributed by atoms with Crippen molar-refractivity contribution in [3.05, 3.63) is 64.5 Å². The zero-order valence-corrected chi connectivity index (χ0v) is 11.4. The van der Waals surface area contributed by atoms with Crippen LogP contribution in [0.15, 0.2) is 36.4 Å². The van der Waals surface area contributed by atoms with E-state index in [-0.39, 0.29) is 12.4 Å². The van der Waals surface area contributed by atoms with Gasteiger partial charge in [-0.2, -0.15) is 0 Å². The lowest BCUT2D eigenvalue weighted by atomic mass is 10.1. The van der Waals surface area contributed by atoms with Gasteiger partial charge in [-0.25, -0.2) is 9.18 Å². The van der Waals surface area contributed by atoms with Crippen molar-refractivity contribution in [2.24, 2.45) is 0 Å². The van der Waals surface area contributed by atoms with Crippen LogP contribution in [0.25, 0.3) is 0 Å². The van der Waals surface area contributed by atoms with Gasteiger partial charge in [-0.05, 0) is 49.2 Å². The molecule has 2 rings (SSSR count). The minimum absolute atomic E-state index is 0.0236. The first-order valence-electron chi connectivity index (χ1n) is 6.25. The van der Waals surface area contributed by atoms with Gasteiger partial charge in [0.1, 0.15) is 12.4 Å². The van der Waals surface area contributed by atoms with Crippen molar-refractivity contribution < 1.29 is 13.9 Å². The highest BCUT2D eigenvalue weighted by Crippen LogP contribution is 2.17. The van der Waals surface area contributed by atoms with E-state index in [2.05, 4.69) is 0 Å². The number of halogens is 1. The maximum absolute atomic E-state index is 13.2. The Hall–Kier alpha value is -2.36. The molecule has 0 aliphatic heterocycles. The number of nitrogen functional groups attached to an aromatic ring is 1. The number of carbonyl (C=O) groups is 1. The summed E-state index contributed by atoms with van der Waals surface area (Å²) < 4.78 is 18.4. The average molecular weight is 273 g/mol. The molecule has 0 radical (unpaired) electrons. The topological polar surface area (TPSA) is 52.3 Å². The summed E-state index contributed by atoms with van der Waals surface area (Å²) in [6.07, 6.45) is 0. The summed E-state index contributed by atoms with van der Waals surface area (Å²) in [5, 5.41) is 0. The van der Waals surface area contributed by atoms with E-state index in [1.54, 1.807) is 18.2 Å². The van der Waals surface area contributed by atoms with Gasteiger partial charge in [-0.15, -0.1) is 0 Å². The van der Waals surface area contributed by atoms with E-state index >= 15 is 0 Å². The molecule has 20 heavy (non-hydrogen) atoms. The van der Waals surface area contributed by atoms with E-state index in [0.717, 1.165) is 11.1 Å². The molecule has 0 spiro atoms. The Bertz CT molecular complexity index is 653. The van der Waals surface area contributed by atoms with E-state index in [1.165, 1.54) is 12.1 Å². The van der Waals surface area contributed by atoms with Crippen molar-refractivity contribution in [1.82, 2.24) is 0 Å². The maximum Gasteiger partial charge on any atom is 0.340 e. The normalized spacial score (nSPS) is 10.3. The summed E-state index contributed by atoms with van der Waals surface area (Å²) in [4.78, 5) is 12.0. The van der Waals surface area contributed by atoms with E-state index in [1.807, 2.05) is 19.9 Å². The number of benzene rings is 2. The monoisotopic (exact) mass is 273 g/mol. The molecular weight excluding hydrogens is 257 g/mol. The highest BCUT2D eigenvalue weighted by molar-refractivity contribution is 5.95. The van der Waals surface area contributed by atoms with Crippen LogP contribution < -0.4 is 5.73 Å². The molecule has 0 saturated heterocycles. The van der Waals surface area contributed by atoms with Gasteiger partial charge in [-0.1, -0.05) is 17.7 Å². The van der Waals surface area contributed by atoms with Crippen molar-refractivity contribution in [2.75, 3.05) is 5.73 Å². The van der Waals surface area contributed by atoms with Crippen molar-refractivity contribution in [3.8, 4) is 0 Å². The van der Waals surface area contributed by atoms with Crippen LogP contribution in [-0.2, 0) is 11.3 Å². The first-order chi connectivity index (χ1) is 9.47. The van der Waals surface area contributed by atoms with Crippen LogP contribution >= 0.6 is 0 Å². The van der Waals surface area contributed by atoms with Crippen molar-refractivity contribution in [3.63, 3.8) is 0 Å². The molecule has 3 nitrogen and oxygen atoms in total. The molecule has 2 N–H and O–H groups in total. The number of hydrogen-bond donors (Lipinski definition) is 1. The van der Waals surface area contributed by atoms with Gasteiger partial charge in [0.15, 0.2) is 0 Å². The molecule has 0 aliphatic rings. The third kappa shape index (κ3) is 3.15. The average Bonchev–Trinajstić information content (AvgIpc) is 2.42. The molecule has 2 aromatic rings. The molecule has 0 atom stereocenters. The highest BCUT2D eigenvalue weighted by Gasteiger charge is 2.12. The molecule has 0 bridgehead atoms. The lowest BCUT2D eigenvalue weighted by molar-refractivity contribution is 0.0473. The van der Waals surface area contributed by atoms with Gasteiger partial charge < -0.3 is 10.5 Å². The van der Waals surface area contributed by atoms with E-state index in [4.69, 9.17) is 10.5 Å². The van der Waals surface area contributed by atoms with Crippen LogP contribution in [0.4, 0.5) is 10.1 Å². The van der Waals surface area contributed by atoms with Gasteiger partial charge in [0.2, 0.25) is 0 Å². The van der Waals surface area contributed by atoms with Crippen LogP contribution in [0.3, 0.4) is 0 Å². The largest absolute Gasteiger partial charge is 0.457 e. The summed E-state index contributed by atoms with van der Waals surface area (Å²) in [6.45, 7) is 3.73. The number of aryl methyl sites for hydroxylation is 2. The number of nitrogens with two attached hydrogens (primary N) is 1. The van der Waals surface area contributed by atoms with Gasteiger partial charge in [-0.3, -0.25) is 0 Å². The van der Waals surface area contributed by atoms with Gasteiger partial charge in [0, 0.05) is 5.69 Å². The Labute approximate surface area is 117 Å². The quantitative estimate of drug-likeness (QED) is 0.689. The Morgan fingerprint density at radius 3 is 2.70 bits per heavy atom. The van der Waals surface area contributed by atoms with Gasteiger partial charge >= 0.3 is 5.97 Å². The molecule has 0 aromatic heterocycles. The van der Waals surface area contributed by atoms with Crippen LogP contribution in [0.2, 0.25) is 0 Å². The predicted molar refractivity (Wildman–Crippen MR) is 75.8 cm³/mol. The number of ether oxygens (including phenoxy) is 1. The van der Waals surface area contributed by atoms with Crippen LogP contribution in [0, 0.1) is 19.7 Å². The second-order valence-corrected chi connectivity index (χ2v) is 4.74. The van der Waals surface area contributed by atoms with Gasteiger partial charge in [0.25, 0.3) is 0 Å². The predicted octanol–water partition coefficient (Wildman–Crippen LogP) is 3.38. The fraction of sp³-hybridized carbons (Fsp3) is 0.188. The second-order valence-electron chi connectivity index (χ2n) is 4.74. The molecular formula is C16H16FNO2. The van der Waals surface area contributed by atoms with Crippen molar-refractivity contribution >= 4 is 11.7 Å². The lowest BCUT2D eigenvalue weighted by Gasteiger charge is -2.09. The molecule has 0 aliphatic carbocycles. The fourth-order valence-corrected chi connectivity index (χ4v) is 1.86. The Morgan fingerprint density at radius 2 is 1.95 bits per heavy atom. The summed E-state index contributed by atoms with van der Waals surface area (Å²) >= 11 is 0. The van der Waals surface area contributed by atoms with Crippen LogP contribution in [-0.4, -0.2) is 5.97 Å². The Morgan fingerprint density at radius 1 is 1.20 bits per heavy atom. The molecule has 0 amide bonds. The number of rotatable bonds is 3. The summed E-state index contributed by atoms with van der Waals surface area (Å²) in [5.74, 6) is -0.855. The molecule has 0 saturated carbocycles. The molecule has 0 heterocycles. The van der Waals surface area contributed by atoms with Crippen molar-refractivity contribution in [2.45, 2.75) is 20.5 Å². The summed E-state index contributed by atoms with van der Waals surface area (Å²) in [6, 6.07) is 9.55. The van der Waals surface area contributed by atoms with E-state index in [0.29, 0.717) is 16.8 Å². The number of hydrogen-bond acceptors (Lipinski definition) is 3. The smallest absolute Gasteiger partial charge is 0.340 e. The lowest BCUT2D eigenvalue weighted by Crippen LogP contribution is -2.09. The number of anilines is 1. The Kier molecular flexibility index (Phi) is 4.03. The zero-order valence-electron chi connectivity index (χ0n) is 11.4. The number of carbonyl (C=O) groups excluding carboxylic acids is 1. The minimum atomic E-state index is -0.505. The number of esters is 1. The minimum Gasteiger partial charge on any atom is -0.457 e. The van der Waals surface area contributed by atoms with E-state index < -0.39 is 5.97 Å². The van der Waals surface area contributed by atoms with Crippen LogP contribution in [0.1, 0.15) is 27.0 Å². The summed E-state index contributed by atoms with van der Waals surface area (Å²) in [7, 11) is 0. The summed E-state index contributed by atoms with van der Waals surface area (Å²) in [5.41, 5.74) is 8.90. The van der Waals surface area contributed by atoms with Crippen LogP contribution in [0.5, 0.6) is 0 Å².